The summed E-state index contributed by atoms with van der Waals surface area (Å²) in [6.45, 7) is 0. The van der Waals surface area contributed by atoms with Crippen molar-refractivity contribution in [3.8, 4) is 5.95 Å². The topological polar surface area (TPSA) is 78.9 Å². The summed E-state index contributed by atoms with van der Waals surface area (Å²) in [6.07, 6.45) is 5.43. The van der Waals surface area contributed by atoms with Gasteiger partial charge in [0.05, 0.1) is 23.7 Å². The van der Waals surface area contributed by atoms with Crippen LogP contribution in [0.5, 0.6) is 0 Å². The number of fused-ring (bicyclic) bond motifs is 1. The standard InChI is InChI=1S/C11H9N5O2/c1-14-5-6-15(7-14)11-12-8-3-2-4-9(16(17)18)10(8)13-11/h2-7H,1H3. The SMILES string of the molecule is C[n+]1ccn(-c2nc3cccc([N+](=O)[O-])c3[n-]2)c1. The van der Waals surface area contributed by atoms with E-state index in [9.17, 15) is 10.1 Å². The first kappa shape index (κ1) is 10.5. The van der Waals surface area contributed by atoms with E-state index in [2.05, 4.69) is 9.97 Å². The number of aryl methyl sites for hydroxylation is 1. The van der Waals surface area contributed by atoms with Crippen LogP contribution >= 0.6 is 0 Å². The monoisotopic (exact) mass is 243 g/mol. The Kier molecular flexibility index (Phi) is 2.12. The van der Waals surface area contributed by atoms with Gasteiger partial charge in [-0.15, -0.1) is 0 Å². The maximum atomic E-state index is 10.9. The highest BCUT2D eigenvalue weighted by molar-refractivity contribution is 5.85. The summed E-state index contributed by atoms with van der Waals surface area (Å²) in [5.41, 5.74) is 0.812. The minimum atomic E-state index is -0.448. The highest BCUT2D eigenvalue weighted by Crippen LogP contribution is 2.23. The zero-order valence-electron chi connectivity index (χ0n) is 9.52. The molecular formula is C11H9N5O2. The molecule has 0 radical (unpaired) electrons. The van der Waals surface area contributed by atoms with Crippen LogP contribution in [0.25, 0.3) is 17.0 Å². The van der Waals surface area contributed by atoms with Crippen LogP contribution in [0.3, 0.4) is 0 Å². The minimum Gasteiger partial charge on any atom is -0.358 e. The van der Waals surface area contributed by atoms with Gasteiger partial charge in [-0.25, -0.2) is 0 Å². The van der Waals surface area contributed by atoms with Crippen molar-refractivity contribution in [2.45, 2.75) is 0 Å². The van der Waals surface area contributed by atoms with Crippen molar-refractivity contribution < 1.29 is 9.49 Å². The number of aromatic nitrogens is 4. The van der Waals surface area contributed by atoms with Gasteiger partial charge in [-0.3, -0.25) is 14.7 Å². The molecule has 0 saturated heterocycles. The molecule has 0 spiro atoms. The van der Waals surface area contributed by atoms with Gasteiger partial charge in [0.1, 0.15) is 6.33 Å². The molecule has 3 rings (SSSR count). The summed E-state index contributed by atoms with van der Waals surface area (Å²) in [7, 11) is 1.88. The summed E-state index contributed by atoms with van der Waals surface area (Å²) >= 11 is 0. The highest BCUT2D eigenvalue weighted by atomic mass is 16.6. The van der Waals surface area contributed by atoms with Gasteiger partial charge in [-0.2, -0.15) is 0 Å². The second kappa shape index (κ2) is 3.66. The molecule has 0 N–H and O–H groups in total. The van der Waals surface area contributed by atoms with Crippen molar-refractivity contribution in [2.24, 2.45) is 7.05 Å². The van der Waals surface area contributed by atoms with Crippen LogP contribution in [0.4, 0.5) is 5.69 Å². The lowest BCUT2D eigenvalue weighted by atomic mass is 10.3. The normalized spacial score (nSPS) is 10.9. The van der Waals surface area contributed by atoms with Gasteiger partial charge in [0.2, 0.25) is 0 Å². The van der Waals surface area contributed by atoms with E-state index in [1.165, 1.54) is 6.07 Å². The molecule has 0 fully saturated rings. The number of non-ortho nitro benzene ring substituents is 1. The molecule has 0 aliphatic heterocycles. The van der Waals surface area contributed by atoms with Crippen LogP contribution < -0.4 is 9.55 Å². The molecule has 1 aromatic carbocycles. The van der Waals surface area contributed by atoms with Crippen LogP contribution in [-0.2, 0) is 7.05 Å². The van der Waals surface area contributed by atoms with Crippen molar-refractivity contribution in [2.75, 3.05) is 0 Å². The second-order valence-corrected chi connectivity index (χ2v) is 3.91. The molecule has 0 atom stereocenters. The van der Waals surface area contributed by atoms with Gasteiger partial charge >= 0.3 is 0 Å². The molecule has 2 aromatic heterocycles. The summed E-state index contributed by atoms with van der Waals surface area (Å²) < 4.78 is 3.55. The van der Waals surface area contributed by atoms with Crippen LogP contribution in [0.2, 0.25) is 0 Å². The predicted molar refractivity (Wildman–Crippen MR) is 62.2 cm³/mol. The lowest BCUT2D eigenvalue weighted by Gasteiger charge is -2.02. The van der Waals surface area contributed by atoms with Gasteiger partial charge in [0, 0.05) is 17.5 Å². The maximum absolute atomic E-state index is 10.9. The van der Waals surface area contributed by atoms with E-state index in [4.69, 9.17) is 0 Å². The molecular weight excluding hydrogens is 234 g/mol. The third-order valence-electron chi connectivity index (χ3n) is 2.62. The summed E-state index contributed by atoms with van der Waals surface area (Å²) in [6, 6.07) is 4.74. The van der Waals surface area contributed by atoms with Gasteiger partial charge in [-0.1, -0.05) is 12.1 Å². The predicted octanol–water partition coefficient (Wildman–Crippen LogP) is 0.715. The number of para-hydroxylation sites is 1. The van der Waals surface area contributed by atoms with Crippen LogP contribution in [-0.4, -0.2) is 14.5 Å². The largest absolute Gasteiger partial charge is 0.358 e. The molecule has 18 heavy (non-hydrogen) atoms. The van der Waals surface area contributed by atoms with Gasteiger partial charge in [0.15, 0.2) is 0 Å². The molecule has 90 valence electrons. The fraction of sp³-hybridized carbons (Fsp3) is 0.0909. The highest BCUT2D eigenvalue weighted by Gasteiger charge is 2.10. The van der Waals surface area contributed by atoms with Crippen molar-refractivity contribution >= 4 is 16.7 Å². The Morgan fingerprint density at radius 2 is 2.33 bits per heavy atom. The van der Waals surface area contributed by atoms with E-state index in [-0.39, 0.29) is 5.69 Å². The van der Waals surface area contributed by atoms with Gasteiger partial charge in [-0.05, 0) is 6.20 Å². The lowest BCUT2D eigenvalue weighted by Crippen LogP contribution is -2.23. The molecule has 7 heteroatoms. The first-order valence-electron chi connectivity index (χ1n) is 5.26. The Morgan fingerprint density at radius 1 is 1.50 bits per heavy atom. The maximum Gasteiger partial charge on any atom is 0.280 e. The summed E-state index contributed by atoms with van der Waals surface area (Å²) in [5, 5.41) is 10.9. The van der Waals surface area contributed by atoms with E-state index in [0.29, 0.717) is 17.0 Å². The third kappa shape index (κ3) is 1.53. The fourth-order valence-corrected chi connectivity index (χ4v) is 1.79. The Balaban J connectivity index is 2.22. The number of benzene rings is 1. The van der Waals surface area contributed by atoms with Crippen LogP contribution in [0.15, 0.2) is 36.9 Å². The van der Waals surface area contributed by atoms with Crippen molar-refractivity contribution in [1.29, 1.82) is 0 Å². The van der Waals surface area contributed by atoms with Gasteiger partial charge in [0.25, 0.3) is 5.69 Å². The van der Waals surface area contributed by atoms with E-state index >= 15 is 0 Å². The van der Waals surface area contributed by atoms with E-state index in [1.54, 1.807) is 29.2 Å². The Hall–Kier alpha value is -2.70. The van der Waals surface area contributed by atoms with E-state index in [0.717, 1.165) is 0 Å². The molecule has 0 aliphatic rings. The zero-order chi connectivity index (χ0) is 12.7. The Bertz CT molecular complexity index is 743. The summed E-state index contributed by atoms with van der Waals surface area (Å²) in [5.74, 6) is 0.430. The molecule has 0 aliphatic carbocycles. The number of hydrogen-bond acceptors (Lipinski definition) is 3. The van der Waals surface area contributed by atoms with Crippen molar-refractivity contribution in [3.05, 3.63) is 47.0 Å². The fourth-order valence-electron chi connectivity index (χ4n) is 1.79. The first-order valence-corrected chi connectivity index (χ1v) is 5.26. The molecule has 0 saturated carbocycles. The number of rotatable bonds is 2. The molecule has 0 bridgehead atoms. The Labute approximate surface area is 101 Å². The zero-order valence-corrected chi connectivity index (χ0v) is 9.52. The minimum absolute atomic E-state index is 0.0252. The van der Waals surface area contributed by atoms with E-state index < -0.39 is 4.92 Å². The lowest BCUT2D eigenvalue weighted by molar-refractivity contribution is -0.670. The average molecular weight is 243 g/mol. The van der Waals surface area contributed by atoms with Gasteiger partial charge < -0.3 is 14.5 Å². The summed E-state index contributed by atoms with van der Waals surface area (Å²) in [4.78, 5) is 18.9. The molecule has 0 unspecified atom stereocenters. The number of imidazole rings is 2. The molecule has 7 nitrogen and oxygen atoms in total. The number of nitro benzene ring substituents is 1. The molecule has 2 heterocycles. The Morgan fingerprint density at radius 3 is 3.00 bits per heavy atom. The third-order valence-corrected chi connectivity index (χ3v) is 2.62. The number of nitro groups is 1. The molecule has 3 aromatic rings. The second-order valence-electron chi connectivity index (χ2n) is 3.91. The van der Waals surface area contributed by atoms with Crippen LogP contribution in [0, 0.1) is 10.1 Å². The quantitative estimate of drug-likeness (QED) is 0.377. The number of nitrogens with zero attached hydrogens (tertiary/aromatic N) is 5. The van der Waals surface area contributed by atoms with Crippen molar-refractivity contribution in [1.82, 2.24) is 14.5 Å². The number of hydrogen-bond donors (Lipinski definition) is 0. The van der Waals surface area contributed by atoms with Crippen molar-refractivity contribution in [3.63, 3.8) is 0 Å². The average Bonchev–Trinajstić information content (AvgIpc) is 2.93. The van der Waals surface area contributed by atoms with E-state index in [1.807, 2.05) is 17.8 Å². The van der Waals surface area contributed by atoms with Crippen LogP contribution in [0.1, 0.15) is 0 Å². The molecule has 0 amide bonds. The smallest absolute Gasteiger partial charge is 0.280 e. The first-order chi connectivity index (χ1) is 8.65.